The maximum absolute atomic E-state index is 2.37. The molecule has 0 aliphatic carbocycles. The highest BCUT2D eigenvalue weighted by molar-refractivity contribution is 5.44. The molecule has 1 aromatic carbocycles. The van der Waals surface area contributed by atoms with Crippen LogP contribution in [-0.2, 0) is 6.42 Å². The minimum atomic E-state index is 1.10. The molecule has 1 rings (SSSR count). The van der Waals surface area contributed by atoms with Crippen LogP contribution in [0, 0.1) is 0 Å². The molecule has 0 aliphatic heterocycles. The number of aryl methyl sites for hydroxylation is 1. The van der Waals surface area contributed by atoms with Crippen LogP contribution in [0.3, 0.4) is 0 Å². The molecule has 0 bridgehead atoms. The molecule has 0 N–H and O–H groups in total. The number of hydrogen-bond donors (Lipinski definition) is 0. The van der Waals surface area contributed by atoms with Gasteiger partial charge in [0.25, 0.3) is 0 Å². The minimum Gasteiger partial charge on any atom is -0.324 e. The van der Waals surface area contributed by atoms with Crippen molar-refractivity contribution in [2.24, 2.45) is 0 Å². The number of nitrogens with zero attached hydrogens (tertiary/aromatic N) is 2. The summed E-state index contributed by atoms with van der Waals surface area (Å²) in [5, 5.41) is 0. The second kappa shape index (κ2) is 10.2. The average Bonchev–Trinajstić information content (AvgIpc) is 2.65. The van der Waals surface area contributed by atoms with Crippen molar-refractivity contribution in [3.8, 4) is 0 Å². The van der Waals surface area contributed by atoms with E-state index in [9.17, 15) is 0 Å². The molecule has 0 heterocycles. The van der Waals surface area contributed by atoms with Crippen molar-refractivity contribution in [1.82, 2.24) is 4.48 Å². The number of rotatable bonds is 12. The van der Waals surface area contributed by atoms with Crippen LogP contribution in [0.2, 0.25) is 0 Å². The molecule has 0 fully saturated rings. The van der Waals surface area contributed by atoms with E-state index in [4.69, 9.17) is 0 Å². The standard InChI is InChI=1S/C22H42N2/c1-7-23(8-2,9-3)20-14-13-15-21-16-18-22(19-17-21)24(10-4,11-5)12-6/h16-19H,7-15,20H2,1-6H3/q+2. The van der Waals surface area contributed by atoms with Gasteiger partial charge in [0.2, 0.25) is 0 Å². The Balaban J connectivity index is 2.56. The van der Waals surface area contributed by atoms with E-state index in [2.05, 4.69) is 65.8 Å². The van der Waals surface area contributed by atoms with E-state index in [1.807, 2.05) is 0 Å². The molecular weight excluding hydrogens is 292 g/mol. The Morgan fingerprint density at radius 2 is 1.12 bits per heavy atom. The van der Waals surface area contributed by atoms with Crippen LogP contribution in [0.5, 0.6) is 0 Å². The Labute approximate surface area is 151 Å². The van der Waals surface area contributed by atoms with E-state index in [0.717, 1.165) is 4.48 Å². The fraction of sp³-hybridized carbons (Fsp3) is 0.727. The van der Waals surface area contributed by atoms with E-state index in [0.29, 0.717) is 0 Å². The summed E-state index contributed by atoms with van der Waals surface area (Å²) >= 11 is 0. The normalized spacial score (nSPS) is 12.6. The molecule has 0 unspecified atom stereocenters. The molecule has 0 saturated heterocycles. The number of unbranched alkanes of at least 4 members (excludes halogenated alkanes) is 1. The van der Waals surface area contributed by atoms with Gasteiger partial charge in [-0.25, -0.2) is 0 Å². The zero-order valence-electron chi connectivity index (χ0n) is 17.3. The molecule has 2 heteroatoms. The van der Waals surface area contributed by atoms with Gasteiger partial charge >= 0.3 is 0 Å². The van der Waals surface area contributed by atoms with Gasteiger partial charge in [0, 0.05) is 0 Å². The van der Waals surface area contributed by atoms with Gasteiger partial charge in [-0.15, -0.1) is 0 Å². The van der Waals surface area contributed by atoms with Crippen LogP contribution in [0.4, 0.5) is 5.69 Å². The van der Waals surface area contributed by atoms with Crippen LogP contribution >= 0.6 is 0 Å². The molecule has 0 aliphatic rings. The van der Waals surface area contributed by atoms with Crippen molar-refractivity contribution in [2.45, 2.75) is 60.8 Å². The minimum absolute atomic E-state index is 1.10. The molecule has 2 nitrogen and oxygen atoms in total. The first-order valence-electron chi connectivity index (χ1n) is 10.4. The SMILES string of the molecule is CC[N+](CC)(CC)CCCCc1ccc([N+](CC)(CC)CC)cc1. The van der Waals surface area contributed by atoms with Crippen molar-refractivity contribution in [1.29, 1.82) is 0 Å². The van der Waals surface area contributed by atoms with Gasteiger partial charge in [-0.05, 0) is 78.5 Å². The van der Waals surface area contributed by atoms with E-state index in [1.165, 1.54) is 80.8 Å². The zero-order chi connectivity index (χ0) is 18.1. The summed E-state index contributed by atoms with van der Waals surface area (Å²) in [6.07, 6.45) is 3.88. The first-order chi connectivity index (χ1) is 11.5. The van der Waals surface area contributed by atoms with E-state index >= 15 is 0 Å². The largest absolute Gasteiger partial charge is 0.324 e. The van der Waals surface area contributed by atoms with Gasteiger partial charge in [-0.1, -0.05) is 12.1 Å². The number of quaternary nitrogens is 2. The monoisotopic (exact) mass is 334 g/mol. The lowest BCUT2D eigenvalue weighted by atomic mass is 10.1. The summed E-state index contributed by atoms with van der Waals surface area (Å²) in [5.74, 6) is 0. The predicted octanol–water partition coefficient (Wildman–Crippen LogP) is 5.25. The maximum Gasteiger partial charge on any atom is 0.132 e. The second-order valence-electron chi connectivity index (χ2n) is 7.23. The average molecular weight is 335 g/mol. The second-order valence-corrected chi connectivity index (χ2v) is 7.23. The number of hydrogen-bond acceptors (Lipinski definition) is 0. The van der Waals surface area contributed by atoms with Crippen molar-refractivity contribution in [3.63, 3.8) is 0 Å². The maximum atomic E-state index is 2.37. The summed E-state index contributed by atoms with van der Waals surface area (Å²) in [5.41, 5.74) is 2.98. The Kier molecular flexibility index (Phi) is 9.01. The smallest absolute Gasteiger partial charge is 0.132 e. The van der Waals surface area contributed by atoms with Crippen molar-refractivity contribution in [3.05, 3.63) is 29.8 Å². The molecule has 0 amide bonds. The van der Waals surface area contributed by atoms with Crippen LogP contribution in [0.25, 0.3) is 0 Å². The van der Waals surface area contributed by atoms with Gasteiger partial charge in [0.1, 0.15) is 5.69 Å². The Morgan fingerprint density at radius 1 is 0.625 bits per heavy atom. The van der Waals surface area contributed by atoms with Crippen molar-refractivity contribution < 1.29 is 4.48 Å². The third-order valence-electron chi connectivity index (χ3n) is 6.66. The van der Waals surface area contributed by atoms with Crippen molar-refractivity contribution in [2.75, 3.05) is 45.8 Å². The van der Waals surface area contributed by atoms with Crippen molar-refractivity contribution >= 4 is 5.69 Å². The predicted molar refractivity (Wildman–Crippen MR) is 110 cm³/mol. The van der Waals surface area contributed by atoms with Crippen LogP contribution < -0.4 is 4.48 Å². The Hall–Kier alpha value is -0.860. The summed E-state index contributed by atoms with van der Waals surface area (Å²) in [4.78, 5) is 0. The lowest BCUT2D eigenvalue weighted by Gasteiger charge is -2.36. The van der Waals surface area contributed by atoms with E-state index < -0.39 is 0 Å². The topological polar surface area (TPSA) is 0 Å². The molecule has 24 heavy (non-hydrogen) atoms. The van der Waals surface area contributed by atoms with Gasteiger partial charge in [0.15, 0.2) is 0 Å². The van der Waals surface area contributed by atoms with Gasteiger partial charge in [-0.2, -0.15) is 0 Å². The van der Waals surface area contributed by atoms with Gasteiger partial charge in [-0.3, -0.25) is 4.48 Å². The molecule has 0 atom stereocenters. The highest BCUT2D eigenvalue weighted by Gasteiger charge is 2.24. The fourth-order valence-electron chi connectivity index (χ4n) is 4.12. The van der Waals surface area contributed by atoms with Gasteiger partial charge in [0.05, 0.1) is 45.8 Å². The third-order valence-corrected chi connectivity index (χ3v) is 6.66. The molecule has 1 aromatic rings. The molecule has 0 aromatic heterocycles. The first kappa shape index (κ1) is 21.2. The Morgan fingerprint density at radius 3 is 1.54 bits per heavy atom. The van der Waals surface area contributed by atoms with E-state index in [1.54, 1.807) is 0 Å². The van der Waals surface area contributed by atoms with Crippen LogP contribution in [0.1, 0.15) is 59.9 Å². The summed E-state index contributed by atoms with van der Waals surface area (Å²) in [6, 6.07) is 9.47. The third kappa shape index (κ3) is 5.07. The van der Waals surface area contributed by atoms with Crippen LogP contribution in [0.15, 0.2) is 24.3 Å². The molecular formula is C22H42N2+2. The van der Waals surface area contributed by atoms with Crippen LogP contribution in [-0.4, -0.2) is 50.3 Å². The number of benzene rings is 1. The summed E-state index contributed by atoms with van der Waals surface area (Å²) in [7, 11) is 0. The highest BCUT2D eigenvalue weighted by atomic mass is 15.3. The molecule has 138 valence electrons. The summed E-state index contributed by atoms with van der Waals surface area (Å²) in [6.45, 7) is 22.6. The first-order valence-corrected chi connectivity index (χ1v) is 10.4. The lowest BCUT2D eigenvalue weighted by Crippen LogP contribution is -2.48. The molecule has 0 radical (unpaired) electrons. The van der Waals surface area contributed by atoms with E-state index in [-0.39, 0.29) is 0 Å². The molecule has 0 saturated carbocycles. The Bertz CT molecular complexity index is 425. The lowest BCUT2D eigenvalue weighted by molar-refractivity contribution is -0.923. The summed E-state index contributed by atoms with van der Waals surface area (Å²) < 4.78 is 2.38. The quantitative estimate of drug-likeness (QED) is 0.361. The highest BCUT2D eigenvalue weighted by Crippen LogP contribution is 2.23. The van der Waals surface area contributed by atoms with Gasteiger partial charge < -0.3 is 4.48 Å². The molecule has 0 spiro atoms. The zero-order valence-corrected chi connectivity index (χ0v) is 17.3. The fourth-order valence-corrected chi connectivity index (χ4v) is 4.12.